The largest absolute Gasteiger partial charge is 0.342 e. The van der Waals surface area contributed by atoms with Gasteiger partial charge in [-0.05, 0) is 30.2 Å². The lowest BCUT2D eigenvalue weighted by molar-refractivity contribution is -0.138. The summed E-state index contributed by atoms with van der Waals surface area (Å²) in [6.45, 7) is 3.04. The molecule has 3 atom stereocenters. The zero-order chi connectivity index (χ0) is 26.2. The van der Waals surface area contributed by atoms with Gasteiger partial charge in [0.2, 0.25) is 11.8 Å². The monoisotopic (exact) mass is 518 g/mol. The standard InChI is InChI=1S/C29H31ClN4O3/c1-21-20-33(17-18-34(21)29(37)31-24-15-9-4-10-16-24)28(36)25(19-22-11-5-2-6-12-22)32-27(35)26(30)23-13-7-3-8-14-23/h2-16,21,25-26H,17-20H2,1H3,(H,31,37)(H,32,35)/t21-,25+,26+/m1/s1. The van der Waals surface area contributed by atoms with Crippen molar-refractivity contribution in [3.63, 3.8) is 0 Å². The van der Waals surface area contributed by atoms with Crippen molar-refractivity contribution < 1.29 is 14.4 Å². The molecule has 1 fully saturated rings. The third kappa shape index (κ3) is 6.89. The van der Waals surface area contributed by atoms with Crippen LogP contribution < -0.4 is 10.6 Å². The highest BCUT2D eigenvalue weighted by Gasteiger charge is 2.34. The number of carbonyl (C=O) groups excluding carboxylic acids is 3. The second-order valence-corrected chi connectivity index (χ2v) is 9.58. The molecule has 7 nitrogen and oxygen atoms in total. The highest BCUT2D eigenvalue weighted by molar-refractivity contribution is 6.31. The van der Waals surface area contributed by atoms with Gasteiger partial charge in [-0.2, -0.15) is 0 Å². The minimum Gasteiger partial charge on any atom is -0.342 e. The lowest BCUT2D eigenvalue weighted by Crippen LogP contribution is -2.60. The summed E-state index contributed by atoms with van der Waals surface area (Å²) >= 11 is 6.45. The molecule has 4 amide bonds. The molecule has 192 valence electrons. The molecule has 1 heterocycles. The molecule has 2 N–H and O–H groups in total. The number of anilines is 1. The third-order valence-corrected chi connectivity index (χ3v) is 6.89. The molecule has 1 saturated heterocycles. The summed E-state index contributed by atoms with van der Waals surface area (Å²) in [5.74, 6) is -0.611. The summed E-state index contributed by atoms with van der Waals surface area (Å²) in [5.41, 5.74) is 2.32. The van der Waals surface area contributed by atoms with Gasteiger partial charge in [0.15, 0.2) is 0 Å². The number of urea groups is 1. The van der Waals surface area contributed by atoms with Crippen molar-refractivity contribution in [2.45, 2.75) is 30.8 Å². The van der Waals surface area contributed by atoms with E-state index in [4.69, 9.17) is 11.6 Å². The Morgan fingerprint density at radius 1 is 0.892 bits per heavy atom. The molecule has 0 bridgehead atoms. The normalized spacial score (nSPS) is 17.0. The van der Waals surface area contributed by atoms with Gasteiger partial charge in [-0.3, -0.25) is 9.59 Å². The van der Waals surface area contributed by atoms with E-state index in [1.807, 2.05) is 85.8 Å². The molecule has 37 heavy (non-hydrogen) atoms. The number of alkyl halides is 1. The number of amides is 4. The van der Waals surface area contributed by atoms with Crippen molar-refractivity contribution in [1.82, 2.24) is 15.1 Å². The number of nitrogens with one attached hydrogen (secondary N) is 2. The SMILES string of the molecule is C[C@@H]1CN(C(=O)[C@H](Cc2ccccc2)NC(=O)[C@@H](Cl)c2ccccc2)CCN1C(=O)Nc1ccccc1. The summed E-state index contributed by atoms with van der Waals surface area (Å²) in [6.07, 6.45) is 0.340. The van der Waals surface area contributed by atoms with E-state index in [1.165, 1.54) is 0 Å². The van der Waals surface area contributed by atoms with E-state index in [2.05, 4.69) is 10.6 Å². The van der Waals surface area contributed by atoms with Gasteiger partial charge >= 0.3 is 6.03 Å². The van der Waals surface area contributed by atoms with E-state index in [0.717, 1.165) is 11.3 Å². The fourth-order valence-corrected chi connectivity index (χ4v) is 4.67. The smallest absolute Gasteiger partial charge is 0.322 e. The quantitative estimate of drug-likeness (QED) is 0.453. The summed E-state index contributed by atoms with van der Waals surface area (Å²) in [7, 11) is 0. The maximum absolute atomic E-state index is 13.7. The van der Waals surface area contributed by atoms with Gasteiger partial charge in [-0.25, -0.2) is 4.79 Å². The number of hydrogen-bond donors (Lipinski definition) is 2. The summed E-state index contributed by atoms with van der Waals surface area (Å²) in [4.78, 5) is 43.0. The van der Waals surface area contributed by atoms with E-state index in [-0.39, 0.29) is 18.0 Å². The highest BCUT2D eigenvalue weighted by atomic mass is 35.5. The molecule has 3 aromatic carbocycles. The van der Waals surface area contributed by atoms with E-state index in [0.29, 0.717) is 31.6 Å². The van der Waals surface area contributed by atoms with Crippen LogP contribution in [0.3, 0.4) is 0 Å². The number of carbonyl (C=O) groups is 3. The number of rotatable bonds is 7. The Morgan fingerprint density at radius 2 is 1.49 bits per heavy atom. The van der Waals surface area contributed by atoms with Crippen LogP contribution in [0.4, 0.5) is 10.5 Å². The van der Waals surface area contributed by atoms with Crippen LogP contribution in [-0.4, -0.2) is 59.4 Å². The van der Waals surface area contributed by atoms with Crippen LogP contribution in [-0.2, 0) is 16.0 Å². The molecule has 0 spiro atoms. The van der Waals surface area contributed by atoms with Gasteiger partial charge in [0, 0.05) is 37.8 Å². The summed E-state index contributed by atoms with van der Waals surface area (Å²) in [6, 6.07) is 26.7. The molecule has 4 rings (SSSR count). The van der Waals surface area contributed by atoms with E-state index >= 15 is 0 Å². The first kappa shape index (κ1) is 26.2. The van der Waals surface area contributed by atoms with Crippen molar-refractivity contribution in [2.24, 2.45) is 0 Å². The Balaban J connectivity index is 1.43. The number of nitrogens with zero attached hydrogens (tertiary/aromatic N) is 2. The van der Waals surface area contributed by atoms with Crippen molar-refractivity contribution >= 4 is 35.1 Å². The first-order valence-corrected chi connectivity index (χ1v) is 12.8. The van der Waals surface area contributed by atoms with Crippen LogP contribution >= 0.6 is 11.6 Å². The lowest BCUT2D eigenvalue weighted by atomic mass is 10.0. The molecule has 3 aromatic rings. The van der Waals surface area contributed by atoms with Crippen LogP contribution in [0.2, 0.25) is 0 Å². The number of benzene rings is 3. The fourth-order valence-electron chi connectivity index (χ4n) is 4.46. The van der Waals surface area contributed by atoms with Crippen LogP contribution in [0.5, 0.6) is 0 Å². The van der Waals surface area contributed by atoms with Crippen molar-refractivity contribution in [2.75, 3.05) is 25.0 Å². The van der Waals surface area contributed by atoms with Crippen molar-refractivity contribution in [1.29, 1.82) is 0 Å². The minimum absolute atomic E-state index is 0.191. The zero-order valence-electron chi connectivity index (χ0n) is 20.7. The number of para-hydroxylation sites is 1. The predicted molar refractivity (Wildman–Crippen MR) is 145 cm³/mol. The van der Waals surface area contributed by atoms with Crippen LogP contribution in [0.25, 0.3) is 0 Å². The van der Waals surface area contributed by atoms with Crippen LogP contribution in [0.15, 0.2) is 91.0 Å². The molecule has 8 heteroatoms. The molecule has 0 saturated carbocycles. The number of piperazine rings is 1. The van der Waals surface area contributed by atoms with Gasteiger partial charge in [-0.15, -0.1) is 11.6 Å². The maximum Gasteiger partial charge on any atom is 0.322 e. The Labute approximate surface area is 222 Å². The maximum atomic E-state index is 13.7. The molecule has 0 aromatic heterocycles. The molecule has 1 aliphatic heterocycles. The van der Waals surface area contributed by atoms with E-state index in [1.54, 1.807) is 21.9 Å². The van der Waals surface area contributed by atoms with Crippen molar-refractivity contribution in [3.05, 3.63) is 102 Å². The first-order valence-electron chi connectivity index (χ1n) is 12.4. The van der Waals surface area contributed by atoms with Gasteiger partial charge in [0.05, 0.1) is 0 Å². The second kappa shape index (κ2) is 12.4. The topological polar surface area (TPSA) is 81.8 Å². The number of hydrogen-bond acceptors (Lipinski definition) is 3. The third-order valence-electron chi connectivity index (χ3n) is 6.44. The van der Waals surface area contributed by atoms with Gasteiger partial charge in [0.25, 0.3) is 0 Å². The number of halogens is 1. The summed E-state index contributed by atoms with van der Waals surface area (Å²) in [5, 5.41) is 4.88. The lowest BCUT2D eigenvalue weighted by Gasteiger charge is -2.41. The van der Waals surface area contributed by atoms with Crippen molar-refractivity contribution in [3.8, 4) is 0 Å². The highest BCUT2D eigenvalue weighted by Crippen LogP contribution is 2.21. The van der Waals surface area contributed by atoms with Crippen LogP contribution in [0, 0.1) is 0 Å². The molecule has 0 aliphatic carbocycles. The summed E-state index contributed by atoms with van der Waals surface area (Å²) < 4.78 is 0. The zero-order valence-corrected chi connectivity index (χ0v) is 21.5. The Morgan fingerprint density at radius 3 is 2.11 bits per heavy atom. The van der Waals surface area contributed by atoms with E-state index in [9.17, 15) is 14.4 Å². The molecule has 0 radical (unpaired) electrons. The van der Waals surface area contributed by atoms with Gasteiger partial charge < -0.3 is 20.4 Å². The Hall–Kier alpha value is -3.84. The molecular formula is C29H31ClN4O3. The fraction of sp³-hybridized carbons (Fsp3) is 0.276. The second-order valence-electron chi connectivity index (χ2n) is 9.15. The average Bonchev–Trinajstić information content (AvgIpc) is 2.93. The molecule has 0 unspecified atom stereocenters. The first-order chi connectivity index (χ1) is 17.9. The van der Waals surface area contributed by atoms with E-state index < -0.39 is 17.3 Å². The predicted octanol–water partition coefficient (Wildman–Crippen LogP) is 4.46. The van der Waals surface area contributed by atoms with Gasteiger partial charge in [-0.1, -0.05) is 78.9 Å². The Kier molecular flexibility index (Phi) is 8.80. The van der Waals surface area contributed by atoms with Crippen LogP contribution in [0.1, 0.15) is 23.4 Å². The molecule has 1 aliphatic rings. The van der Waals surface area contributed by atoms with Gasteiger partial charge in [0.1, 0.15) is 11.4 Å². The Bertz CT molecular complexity index is 1190. The molecular weight excluding hydrogens is 488 g/mol. The minimum atomic E-state index is -0.912. The average molecular weight is 519 g/mol.